The largest absolute Gasteiger partial charge is 0.422 e. The molecule has 0 aliphatic carbocycles. The third-order valence-electron chi connectivity index (χ3n) is 8.12. The van der Waals surface area contributed by atoms with Crippen molar-refractivity contribution in [3.05, 3.63) is 152 Å². The predicted molar refractivity (Wildman–Crippen MR) is 195 cm³/mol. The van der Waals surface area contributed by atoms with Crippen LogP contribution in [0.5, 0.6) is 0 Å². The molecule has 0 saturated carbocycles. The Labute approximate surface area is 300 Å². The Hall–Kier alpha value is -5.96. The summed E-state index contributed by atoms with van der Waals surface area (Å²) in [5.74, 6) is -1.65. The Morgan fingerprint density at radius 1 is 0.827 bits per heavy atom. The number of ether oxygens (including phenoxy) is 2. The van der Waals surface area contributed by atoms with E-state index in [2.05, 4.69) is 14.8 Å². The number of anilines is 1. The number of halogens is 2. The highest BCUT2D eigenvalue weighted by atomic mass is 32.1. The average Bonchev–Trinajstić information content (AvgIpc) is 3.50. The summed E-state index contributed by atoms with van der Waals surface area (Å²) >= 11 is 1.16. The number of imide groups is 1. The molecule has 0 spiro atoms. The summed E-state index contributed by atoms with van der Waals surface area (Å²) < 4.78 is 41.7. The van der Waals surface area contributed by atoms with Gasteiger partial charge in [-0.3, -0.25) is 14.3 Å². The van der Waals surface area contributed by atoms with E-state index in [-0.39, 0.29) is 29.1 Å². The Bertz CT molecular complexity index is 2320. The molecule has 3 amide bonds. The Morgan fingerprint density at radius 3 is 2.13 bits per heavy atom. The number of benzene rings is 4. The number of aromatic nitrogens is 2. The second-order valence-electron chi connectivity index (χ2n) is 11.8. The zero-order valence-electron chi connectivity index (χ0n) is 28.1. The molecule has 14 heteroatoms. The van der Waals surface area contributed by atoms with E-state index in [4.69, 9.17) is 0 Å². The van der Waals surface area contributed by atoms with Gasteiger partial charge in [0.05, 0.1) is 17.6 Å². The highest BCUT2D eigenvalue weighted by Gasteiger charge is 2.26. The number of urea groups is 1. The molecule has 0 aliphatic heterocycles. The number of carbonyl (C=O) groups excluding carboxylic acids is 2. The van der Waals surface area contributed by atoms with E-state index in [0.29, 0.717) is 33.9 Å². The summed E-state index contributed by atoms with van der Waals surface area (Å²) in [5.41, 5.74) is 1.31. The number of rotatable bonds is 11. The minimum atomic E-state index is -0.993. The topological polar surface area (TPSA) is 124 Å². The van der Waals surface area contributed by atoms with E-state index in [1.165, 1.54) is 17.7 Å². The maximum absolute atomic E-state index is 15.1. The number of nitrogens with zero attached hydrogens (tertiary/aromatic N) is 3. The minimum Gasteiger partial charge on any atom is -0.422 e. The van der Waals surface area contributed by atoms with Crippen molar-refractivity contribution < 1.29 is 27.8 Å². The molecule has 11 nitrogen and oxygen atoms in total. The molecule has 6 aromatic rings. The lowest BCUT2D eigenvalue weighted by Gasteiger charge is -2.18. The molecule has 0 bridgehead atoms. The van der Waals surface area contributed by atoms with Crippen molar-refractivity contribution in [3.63, 3.8) is 0 Å². The molecule has 0 saturated heterocycles. The van der Waals surface area contributed by atoms with E-state index < -0.39 is 41.6 Å². The predicted octanol–water partition coefficient (Wildman–Crippen LogP) is 6.70. The zero-order chi connectivity index (χ0) is 36.8. The summed E-state index contributed by atoms with van der Waals surface area (Å²) in [6.07, 6.45) is -0.993. The summed E-state index contributed by atoms with van der Waals surface area (Å²) in [7, 11) is 3.24. The molecule has 52 heavy (non-hydrogen) atoms. The van der Waals surface area contributed by atoms with Gasteiger partial charge in [-0.05, 0) is 60.1 Å². The van der Waals surface area contributed by atoms with Crippen molar-refractivity contribution in [2.45, 2.75) is 19.6 Å². The van der Waals surface area contributed by atoms with E-state index in [1.54, 1.807) is 54.6 Å². The molecule has 6 rings (SSSR count). The van der Waals surface area contributed by atoms with E-state index >= 15 is 8.78 Å². The fourth-order valence-corrected chi connectivity index (χ4v) is 7.07. The van der Waals surface area contributed by atoms with Crippen LogP contribution in [0.15, 0.2) is 113 Å². The molecular formula is C38H33F2N5O6S. The Morgan fingerprint density at radius 2 is 1.48 bits per heavy atom. The molecule has 2 aromatic heterocycles. The molecular weight excluding hydrogens is 693 g/mol. The Balaban J connectivity index is 1.50. The van der Waals surface area contributed by atoms with E-state index in [0.717, 1.165) is 33.6 Å². The molecule has 2 N–H and O–H groups in total. The quantitative estimate of drug-likeness (QED) is 0.143. The van der Waals surface area contributed by atoms with Gasteiger partial charge in [-0.25, -0.2) is 33.0 Å². The van der Waals surface area contributed by atoms with Crippen LogP contribution >= 0.6 is 11.3 Å². The first kappa shape index (κ1) is 35.9. The standard InChI is InChI=1S/C38H33F2N5O6S/c1-43(20-24-10-5-3-6-11-24)21-29-32-34(46)45(27-12-7-4-8-13-27)38(49)44(22-28-30(39)14-9-15-31(28)40)35(32)52-33(29)25-16-18-26(19-17-25)41-36(47)42-37(48)51-23-50-2/h3-19H,20-23H2,1-2H3,(H2,41,42,47,48). The molecule has 0 fully saturated rings. The number of amides is 3. The van der Waals surface area contributed by atoms with Crippen LogP contribution in [-0.2, 0) is 29.1 Å². The first-order valence-corrected chi connectivity index (χ1v) is 16.8. The third-order valence-corrected chi connectivity index (χ3v) is 9.42. The van der Waals surface area contributed by atoms with Crippen LogP contribution < -0.4 is 21.9 Å². The number of carbonyl (C=O) groups is 2. The van der Waals surface area contributed by atoms with Crippen LogP contribution in [0.3, 0.4) is 0 Å². The van der Waals surface area contributed by atoms with Gasteiger partial charge in [0.2, 0.25) is 0 Å². The number of thiophene rings is 1. The molecule has 266 valence electrons. The van der Waals surface area contributed by atoms with Crippen LogP contribution in [0.1, 0.15) is 16.7 Å². The van der Waals surface area contributed by atoms with Gasteiger partial charge in [0.25, 0.3) is 5.56 Å². The summed E-state index contributed by atoms with van der Waals surface area (Å²) in [6, 6.07) is 27.5. The van der Waals surface area contributed by atoms with Gasteiger partial charge in [0.15, 0.2) is 6.79 Å². The summed E-state index contributed by atoms with van der Waals surface area (Å²) in [6.45, 7) is 0.0121. The first-order valence-electron chi connectivity index (χ1n) is 16.0. The molecule has 0 aliphatic rings. The molecule has 0 unspecified atom stereocenters. The van der Waals surface area contributed by atoms with Crippen molar-refractivity contribution in [3.8, 4) is 16.1 Å². The normalized spacial score (nSPS) is 11.2. The fourth-order valence-electron chi connectivity index (χ4n) is 5.77. The second-order valence-corrected chi connectivity index (χ2v) is 12.8. The van der Waals surface area contributed by atoms with Crippen LogP contribution in [0, 0.1) is 11.6 Å². The highest BCUT2D eigenvalue weighted by Crippen LogP contribution is 2.38. The Kier molecular flexibility index (Phi) is 11.0. The lowest BCUT2D eigenvalue weighted by atomic mass is 10.1. The molecule has 4 aromatic carbocycles. The van der Waals surface area contributed by atoms with Crippen molar-refractivity contribution in [1.82, 2.24) is 19.4 Å². The lowest BCUT2D eigenvalue weighted by molar-refractivity contribution is 0.0134. The van der Waals surface area contributed by atoms with Crippen molar-refractivity contribution in [1.29, 1.82) is 0 Å². The number of nitrogens with one attached hydrogen (secondary N) is 2. The van der Waals surface area contributed by atoms with Gasteiger partial charge in [-0.1, -0.05) is 66.7 Å². The number of fused-ring (bicyclic) bond motifs is 1. The number of alkyl carbamates (subject to hydrolysis) is 1. The molecule has 2 heterocycles. The van der Waals surface area contributed by atoms with Gasteiger partial charge in [0, 0.05) is 36.3 Å². The first-order chi connectivity index (χ1) is 25.1. The minimum absolute atomic E-state index is 0.233. The van der Waals surface area contributed by atoms with Crippen LogP contribution in [-0.4, -0.2) is 47.1 Å². The smallest absolute Gasteiger partial charge is 0.417 e. The number of para-hydroxylation sites is 1. The lowest BCUT2D eigenvalue weighted by Crippen LogP contribution is -2.39. The second kappa shape index (κ2) is 15.9. The van der Waals surface area contributed by atoms with E-state index in [9.17, 15) is 19.2 Å². The highest BCUT2D eigenvalue weighted by molar-refractivity contribution is 7.22. The van der Waals surface area contributed by atoms with Crippen LogP contribution in [0.2, 0.25) is 0 Å². The fraction of sp³-hybridized carbons (Fsp3) is 0.158. The van der Waals surface area contributed by atoms with E-state index in [1.807, 2.05) is 47.6 Å². The maximum Gasteiger partial charge on any atom is 0.417 e. The van der Waals surface area contributed by atoms with Gasteiger partial charge in [0.1, 0.15) is 16.5 Å². The third kappa shape index (κ3) is 7.84. The number of hydrogen-bond acceptors (Lipinski definition) is 8. The van der Waals surface area contributed by atoms with Crippen molar-refractivity contribution >= 4 is 39.4 Å². The molecule has 0 atom stereocenters. The summed E-state index contributed by atoms with van der Waals surface area (Å²) in [4.78, 5) is 55.7. The van der Waals surface area contributed by atoms with Gasteiger partial charge in [-0.15, -0.1) is 11.3 Å². The zero-order valence-corrected chi connectivity index (χ0v) is 28.9. The average molecular weight is 726 g/mol. The maximum atomic E-state index is 15.1. The number of hydrogen-bond donors (Lipinski definition) is 2. The van der Waals surface area contributed by atoms with Gasteiger partial charge >= 0.3 is 17.8 Å². The van der Waals surface area contributed by atoms with Crippen LogP contribution in [0.25, 0.3) is 26.3 Å². The molecule has 0 radical (unpaired) electrons. The summed E-state index contributed by atoms with van der Waals surface area (Å²) in [5, 5.41) is 4.81. The van der Waals surface area contributed by atoms with Gasteiger partial charge < -0.3 is 14.8 Å². The van der Waals surface area contributed by atoms with Gasteiger partial charge in [-0.2, -0.15) is 0 Å². The number of methoxy groups -OCH3 is 1. The monoisotopic (exact) mass is 725 g/mol. The van der Waals surface area contributed by atoms with Crippen LogP contribution in [0.4, 0.5) is 24.1 Å². The van der Waals surface area contributed by atoms with Crippen molar-refractivity contribution in [2.24, 2.45) is 0 Å². The SMILES string of the molecule is COCOC(=O)NC(=O)Nc1ccc(-c2sc3c(c2CN(C)Cc2ccccc2)c(=O)n(-c2ccccc2)c(=O)n3Cc2c(F)cccc2F)cc1. The van der Waals surface area contributed by atoms with Crippen molar-refractivity contribution in [2.75, 3.05) is 26.3 Å².